The fourth-order valence-electron chi connectivity index (χ4n) is 4.08. The number of rotatable bonds is 6. The number of anilines is 1. The molecule has 8 nitrogen and oxygen atoms in total. The van der Waals surface area contributed by atoms with E-state index in [1.54, 1.807) is 18.2 Å². The number of aromatic nitrogens is 3. The number of aromatic amines is 1. The van der Waals surface area contributed by atoms with Crippen molar-refractivity contribution in [3.8, 4) is 0 Å². The van der Waals surface area contributed by atoms with E-state index < -0.39 is 17.7 Å². The van der Waals surface area contributed by atoms with E-state index in [-0.39, 0.29) is 22.8 Å². The molecule has 0 spiro atoms. The minimum atomic E-state index is -0.672. The summed E-state index contributed by atoms with van der Waals surface area (Å²) in [5.41, 5.74) is 1.42. The Labute approximate surface area is 189 Å². The van der Waals surface area contributed by atoms with Gasteiger partial charge in [-0.05, 0) is 37.5 Å². The fraction of sp³-hybridized carbons (Fsp3) is 0.391. The van der Waals surface area contributed by atoms with Crippen molar-refractivity contribution in [2.24, 2.45) is 0 Å². The van der Waals surface area contributed by atoms with Crippen LogP contribution in [0.5, 0.6) is 0 Å². The van der Waals surface area contributed by atoms with Crippen LogP contribution in [-0.4, -0.2) is 47.0 Å². The van der Waals surface area contributed by atoms with Crippen LogP contribution in [0.2, 0.25) is 0 Å². The van der Waals surface area contributed by atoms with Crippen molar-refractivity contribution in [3.05, 3.63) is 63.3 Å². The minimum Gasteiger partial charge on any atom is -0.368 e. The van der Waals surface area contributed by atoms with Gasteiger partial charge in [-0.15, -0.1) is 0 Å². The van der Waals surface area contributed by atoms with E-state index in [9.17, 15) is 18.4 Å². The quantitative estimate of drug-likeness (QED) is 0.492. The summed E-state index contributed by atoms with van der Waals surface area (Å²) in [6, 6.07) is 6.61. The molecule has 0 bridgehead atoms. The topological polar surface area (TPSA) is 103 Å². The molecule has 0 unspecified atom stereocenters. The van der Waals surface area contributed by atoms with E-state index in [4.69, 9.17) is 0 Å². The summed E-state index contributed by atoms with van der Waals surface area (Å²) in [5, 5.41) is 5.78. The number of H-pyrrole nitrogens is 1. The van der Waals surface area contributed by atoms with Crippen LogP contribution in [0.25, 0.3) is 11.0 Å². The second-order valence-electron chi connectivity index (χ2n) is 8.03. The molecule has 0 radical (unpaired) electrons. The Kier molecular flexibility index (Phi) is 6.64. The molecular weight excluding hydrogens is 430 g/mol. The lowest BCUT2D eigenvalue weighted by atomic mass is 10.0. The zero-order valence-electron chi connectivity index (χ0n) is 18.5. The summed E-state index contributed by atoms with van der Waals surface area (Å²) < 4.78 is 29.4. The van der Waals surface area contributed by atoms with E-state index in [1.807, 2.05) is 11.8 Å². The Morgan fingerprint density at radius 1 is 1.18 bits per heavy atom. The summed E-state index contributed by atoms with van der Waals surface area (Å²) in [7, 11) is 1.47. The molecule has 174 valence electrons. The highest BCUT2D eigenvalue weighted by atomic mass is 19.1. The number of pyridine rings is 1. The predicted octanol–water partition coefficient (Wildman–Crippen LogP) is 2.28. The van der Waals surface area contributed by atoms with Crippen LogP contribution < -0.4 is 21.1 Å². The molecule has 3 N–H and O–H groups in total. The number of benzene rings is 1. The lowest BCUT2D eigenvalue weighted by molar-refractivity contribution is 0.0957. The maximum Gasteiger partial charge on any atom is 0.270 e. The summed E-state index contributed by atoms with van der Waals surface area (Å²) in [4.78, 5) is 36.1. The van der Waals surface area contributed by atoms with Gasteiger partial charge in [0.25, 0.3) is 11.5 Å². The van der Waals surface area contributed by atoms with Crippen molar-refractivity contribution in [2.45, 2.75) is 38.8 Å². The van der Waals surface area contributed by atoms with Gasteiger partial charge in [-0.2, -0.15) is 4.39 Å². The van der Waals surface area contributed by atoms with E-state index in [0.29, 0.717) is 48.5 Å². The maximum absolute atomic E-state index is 14.9. The van der Waals surface area contributed by atoms with E-state index in [1.165, 1.54) is 13.1 Å². The molecule has 3 heterocycles. The second kappa shape index (κ2) is 9.62. The largest absolute Gasteiger partial charge is 0.368 e. The van der Waals surface area contributed by atoms with Crippen molar-refractivity contribution < 1.29 is 13.6 Å². The Bertz CT molecular complexity index is 1240. The lowest BCUT2D eigenvalue weighted by Gasteiger charge is -2.34. The number of nitrogens with one attached hydrogen (secondary N) is 3. The third-order valence-corrected chi connectivity index (χ3v) is 6.00. The number of nitrogens with zero attached hydrogens (tertiary/aromatic N) is 3. The van der Waals surface area contributed by atoms with E-state index in [2.05, 4.69) is 25.6 Å². The standard InChI is InChI=1S/C23H26F2N6O2/c1-3-15-23(33)30-20-16(28-15)5-4-13(19(20)24)12-27-14-8-10-31(11-9-14)18-7-6-17(22(32)26-2)29-21(18)25/h4-7,14,27H,3,8-12H2,1-2H3,(H,26,32)(H,30,33). The van der Waals surface area contributed by atoms with Gasteiger partial charge in [-0.1, -0.05) is 13.0 Å². The Morgan fingerprint density at radius 3 is 2.61 bits per heavy atom. The SMILES string of the molecule is CCc1nc2ccc(CNC3CCN(c4ccc(C(=O)NC)nc4F)CC3)c(F)c2[nH]c1=O. The van der Waals surface area contributed by atoms with Gasteiger partial charge in [0, 0.05) is 38.3 Å². The molecule has 1 fully saturated rings. The molecule has 1 amide bonds. The van der Waals surface area contributed by atoms with Crippen LogP contribution in [0.1, 0.15) is 41.5 Å². The molecule has 0 atom stereocenters. The molecule has 1 aromatic carbocycles. The maximum atomic E-state index is 14.9. The van der Waals surface area contributed by atoms with Gasteiger partial charge in [0.05, 0.1) is 11.2 Å². The molecule has 2 aromatic heterocycles. The van der Waals surface area contributed by atoms with Crippen molar-refractivity contribution in [1.82, 2.24) is 25.6 Å². The molecule has 33 heavy (non-hydrogen) atoms. The number of aryl methyl sites for hydroxylation is 1. The van der Waals surface area contributed by atoms with Gasteiger partial charge in [0.2, 0.25) is 5.95 Å². The number of carbonyl (C=O) groups is 1. The van der Waals surface area contributed by atoms with Crippen molar-refractivity contribution in [1.29, 1.82) is 0 Å². The first-order valence-electron chi connectivity index (χ1n) is 11.0. The van der Waals surface area contributed by atoms with Crippen molar-refractivity contribution in [3.63, 3.8) is 0 Å². The molecular formula is C23H26F2N6O2. The number of hydrogen-bond donors (Lipinski definition) is 3. The first kappa shape index (κ1) is 22.8. The fourth-order valence-corrected chi connectivity index (χ4v) is 4.08. The van der Waals surface area contributed by atoms with Crippen LogP contribution in [0.4, 0.5) is 14.5 Å². The molecule has 1 saturated heterocycles. The van der Waals surface area contributed by atoms with Crippen molar-refractivity contribution >= 4 is 22.6 Å². The van der Waals surface area contributed by atoms with Crippen LogP contribution >= 0.6 is 0 Å². The van der Waals surface area contributed by atoms with E-state index in [0.717, 1.165) is 12.8 Å². The van der Waals surface area contributed by atoms with Gasteiger partial charge in [-0.25, -0.2) is 14.4 Å². The highest BCUT2D eigenvalue weighted by Crippen LogP contribution is 2.23. The van der Waals surface area contributed by atoms with Crippen molar-refractivity contribution in [2.75, 3.05) is 25.0 Å². The number of fused-ring (bicyclic) bond motifs is 1. The number of amides is 1. The van der Waals surface area contributed by atoms with Gasteiger partial charge >= 0.3 is 0 Å². The van der Waals surface area contributed by atoms with Gasteiger partial charge in [0.1, 0.15) is 16.9 Å². The molecule has 0 aliphatic carbocycles. The van der Waals surface area contributed by atoms with Gasteiger partial charge in [0.15, 0.2) is 5.82 Å². The zero-order chi connectivity index (χ0) is 23.5. The van der Waals surface area contributed by atoms with E-state index >= 15 is 0 Å². The smallest absolute Gasteiger partial charge is 0.270 e. The summed E-state index contributed by atoms with van der Waals surface area (Å²) in [6.07, 6.45) is 1.96. The summed E-state index contributed by atoms with van der Waals surface area (Å²) in [5.74, 6) is -1.58. The normalized spacial score (nSPS) is 14.6. The molecule has 0 saturated carbocycles. The number of piperidine rings is 1. The summed E-state index contributed by atoms with van der Waals surface area (Å²) in [6.45, 7) is 3.34. The molecule has 1 aliphatic rings. The van der Waals surface area contributed by atoms with Crippen LogP contribution in [-0.2, 0) is 13.0 Å². The van der Waals surface area contributed by atoms with Gasteiger partial charge in [-0.3, -0.25) is 9.59 Å². The average Bonchev–Trinajstić information content (AvgIpc) is 2.83. The zero-order valence-corrected chi connectivity index (χ0v) is 18.5. The monoisotopic (exact) mass is 456 g/mol. The third-order valence-electron chi connectivity index (χ3n) is 6.00. The number of hydrogen-bond acceptors (Lipinski definition) is 6. The van der Waals surface area contributed by atoms with Crippen LogP contribution in [0, 0.1) is 11.8 Å². The Morgan fingerprint density at radius 2 is 1.94 bits per heavy atom. The highest BCUT2D eigenvalue weighted by molar-refractivity contribution is 5.92. The lowest BCUT2D eigenvalue weighted by Crippen LogP contribution is -2.42. The number of halogens is 2. The third kappa shape index (κ3) is 4.70. The predicted molar refractivity (Wildman–Crippen MR) is 121 cm³/mol. The molecule has 10 heteroatoms. The average molecular weight is 456 g/mol. The summed E-state index contributed by atoms with van der Waals surface area (Å²) >= 11 is 0. The second-order valence-corrected chi connectivity index (χ2v) is 8.03. The van der Waals surface area contributed by atoms with Crippen LogP contribution in [0.15, 0.2) is 29.1 Å². The number of carbonyl (C=O) groups excluding carboxylic acids is 1. The Hall–Kier alpha value is -3.40. The Balaban J connectivity index is 1.38. The molecule has 4 rings (SSSR count). The first-order chi connectivity index (χ1) is 15.9. The highest BCUT2D eigenvalue weighted by Gasteiger charge is 2.23. The van der Waals surface area contributed by atoms with Gasteiger partial charge < -0.3 is 20.5 Å². The molecule has 3 aromatic rings. The van der Waals surface area contributed by atoms with Crippen LogP contribution in [0.3, 0.4) is 0 Å². The first-order valence-corrected chi connectivity index (χ1v) is 11.0. The molecule has 1 aliphatic heterocycles. The minimum absolute atomic E-state index is 0.0372.